The predicted molar refractivity (Wildman–Crippen MR) is 203 cm³/mol. The summed E-state index contributed by atoms with van der Waals surface area (Å²) in [6, 6.07) is 0. The highest BCUT2D eigenvalue weighted by Gasteiger charge is 2.85. The zero-order valence-electron chi connectivity index (χ0n) is 35.5. The Morgan fingerprint density at radius 1 is 0.793 bits per heavy atom. The van der Waals surface area contributed by atoms with E-state index < -0.39 is 103 Å². The van der Waals surface area contributed by atoms with Crippen molar-refractivity contribution in [2.45, 2.75) is 204 Å². The number of carbonyl (C=O) groups is 1. The molecule has 3 heterocycles. The van der Waals surface area contributed by atoms with Crippen molar-refractivity contribution < 1.29 is 74.1 Å². The van der Waals surface area contributed by atoms with E-state index in [9.17, 15) is 45.6 Å². The van der Waals surface area contributed by atoms with Crippen LogP contribution in [0.4, 0.5) is 0 Å². The highest BCUT2D eigenvalue weighted by molar-refractivity contribution is 5.66. The van der Waals surface area contributed by atoms with Gasteiger partial charge in [0.05, 0.1) is 48.8 Å². The number of hydrogen-bond acceptors (Lipinski definition) is 15. The smallest absolute Gasteiger partial charge is 0.303 e. The summed E-state index contributed by atoms with van der Waals surface area (Å²) >= 11 is 0. The van der Waals surface area contributed by atoms with Crippen molar-refractivity contribution in [1.29, 1.82) is 0 Å². The molecule has 8 rings (SSSR count). The molecule has 15 nitrogen and oxygen atoms in total. The van der Waals surface area contributed by atoms with E-state index in [4.69, 9.17) is 28.4 Å². The molecule has 0 bridgehead atoms. The minimum absolute atomic E-state index is 0.0855. The molecule has 0 aromatic carbocycles. The molecule has 0 aromatic rings. The topological polar surface area (TPSA) is 234 Å². The van der Waals surface area contributed by atoms with Gasteiger partial charge < -0.3 is 69.3 Å². The highest BCUT2D eigenvalue weighted by Crippen LogP contribution is 2.89. The molecule has 21 atom stereocenters. The average molecular weight is 827 g/mol. The van der Waals surface area contributed by atoms with Crippen molar-refractivity contribution in [2.24, 2.45) is 44.8 Å². The molecule has 8 aliphatic rings. The van der Waals surface area contributed by atoms with Gasteiger partial charge in [0.15, 0.2) is 18.7 Å². The third-order valence-corrected chi connectivity index (χ3v) is 17.9. The maximum atomic E-state index is 12.2. The van der Waals surface area contributed by atoms with Gasteiger partial charge in [-0.05, 0) is 117 Å². The molecule has 15 heteroatoms. The monoisotopic (exact) mass is 826 g/mol. The van der Waals surface area contributed by atoms with Gasteiger partial charge in [-0.1, -0.05) is 27.7 Å². The van der Waals surface area contributed by atoms with E-state index in [2.05, 4.69) is 34.6 Å². The second-order valence-corrected chi connectivity index (χ2v) is 21.6. The zero-order valence-corrected chi connectivity index (χ0v) is 35.5. The molecule has 0 aromatic heterocycles. The predicted octanol–water partition coefficient (Wildman–Crippen LogP) is 1.29. The van der Waals surface area contributed by atoms with Crippen LogP contribution in [0.25, 0.3) is 0 Å². The van der Waals surface area contributed by atoms with Crippen LogP contribution < -0.4 is 0 Å². The normalized spacial score (nSPS) is 56.1. The average Bonchev–Trinajstić information content (AvgIpc) is 3.49. The molecule has 0 amide bonds. The fourth-order valence-electron chi connectivity index (χ4n) is 15.2. The summed E-state index contributed by atoms with van der Waals surface area (Å²) in [6.45, 7) is 15.0. The van der Waals surface area contributed by atoms with Crippen molar-refractivity contribution in [3.05, 3.63) is 0 Å². The van der Waals surface area contributed by atoms with Gasteiger partial charge in [0, 0.05) is 12.8 Å². The quantitative estimate of drug-likeness (QED) is 0.127. The van der Waals surface area contributed by atoms with Gasteiger partial charge >= 0.3 is 5.97 Å². The Bertz CT molecular complexity index is 1570. The first-order chi connectivity index (χ1) is 26.9. The summed E-state index contributed by atoms with van der Waals surface area (Å²) in [5.41, 5.74) is -3.30. The first-order valence-corrected chi connectivity index (χ1v) is 21.8. The Balaban J connectivity index is 1.14. The van der Waals surface area contributed by atoms with Crippen LogP contribution in [-0.4, -0.2) is 151 Å². The highest BCUT2D eigenvalue weighted by atomic mass is 16.7. The van der Waals surface area contributed by atoms with Crippen LogP contribution in [0, 0.1) is 44.8 Å². The molecular formula is C43H70O15. The maximum Gasteiger partial charge on any atom is 0.303 e. The molecular weight excluding hydrogens is 756 g/mol. The van der Waals surface area contributed by atoms with Crippen molar-refractivity contribution in [3.63, 3.8) is 0 Å². The number of aliphatic hydroxyl groups excluding tert-OH is 7. The van der Waals surface area contributed by atoms with Gasteiger partial charge in [0.1, 0.15) is 36.6 Å². The Morgan fingerprint density at radius 3 is 2.14 bits per heavy atom. The number of rotatable bonds is 8. The number of hydrogen-bond donors (Lipinski definition) is 8. The summed E-state index contributed by atoms with van der Waals surface area (Å²) in [7, 11) is 0. The Labute approximate surface area is 341 Å². The Morgan fingerprint density at radius 2 is 1.50 bits per heavy atom. The van der Waals surface area contributed by atoms with Gasteiger partial charge in [0.2, 0.25) is 0 Å². The largest absolute Gasteiger partial charge is 0.457 e. The lowest BCUT2D eigenvalue weighted by Gasteiger charge is -2.65. The number of ether oxygens (including phenoxy) is 6. The van der Waals surface area contributed by atoms with Crippen LogP contribution in [0.2, 0.25) is 0 Å². The number of esters is 1. The third-order valence-electron chi connectivity index (χ3n) is 17.9. The fraction of sp³-hybridized carbons (Fsp3) is 0.977. The second-order valence-electron chi connectivity index (χ2n) is 21.6. The third kappa shape index (κ3) is 6.17. The van der Waals surface area contributed by atoms with E-state index in [1.807, 2.05) is 0 Å². The van der Waals surface area contributed by atoms with E-state index >= 15 is 0 Å². The molecule has 0 radical (unpaired) electrons. The lowest BCUT2D eigenvalue weighted by molar-refractivity contribution is -0.339. The molecule has 332 valence electrons. The molecule has 8 fully saturated rings. The molecule has 5 aliphatic carbocycles. The van der Waals surface area contributed by atoms with E-state index in [0.717, 1.165) is 32.1 Å². The van der Waals surface area contributed by atoms with Crippen LogP contribution >= 0.6 is 0 Å². The molecule has 1 unspecified atom stereocenters. The number of aliphatic hydroxyl groups is 8. The van der Waals surface area contributed by atoms with Gasteiger partial charge in [-0.3, -0.25) is 4.79 Å². The van der Waals surface area contributed by atoms with Crippen molar-refractivity contribution in [2.75, 3.05) is 13.2 Å². The van der Waals surface area contributed by atoms with E-state index in [-0.39, 0.29) is 52.1 Å². The van der Waals surface area contributed by atoms with Gasteiger partial charge in [0.25, 0.3) is 0 Å². The Hall–Kier alpha value is -1.05. The van der Waals surface area contributed by atoms with E-state index in [1.165, 1.54) is 6.92 Å². The van der Waals surface area contributed by atoms with Crippen LogP contribution in [0.1, 0.15) is 113 Å². The minimum atomic E-state index is -1.62. The SMILES string of the molecule is CC(=O)O[C@@H]1[C@@H](O)[C@H](O[C@H]2CC[C@]34C[C@]35CC[C@]3(C)C([C@@]6(C)CC[C@@H](C(C)(C)O)O6)[C@@H](O)C[C@@]3(C)[C@@H]5C[C@H](O[C@@H]3O[C@H](CO)[C@@H](O)[C@H](O)[C@H]3O)[C@H]4C2(C)C)OC[C@H]1O. The second kappa shape index (κ2) is 14.2. The van der Waals surface area contributed by atoms with Crippen molar-refractivity contribution >= 4 is 5.97 Å². The van der Waals surface area contributed by atoms with Crippen molar-refractivity contribution in [1.82, 2.24) is 0 Å². The fourth-order valence-corrected chi connectivity index (χ4v) is 15.2. The van der Waals surface area contributed by atoms with E-state index in [0.29, 0.717) is 25.7 Å². The van der Waals surface area contributed by atoms with E-state index in [1.54, 1.807) is 13.8 Å². The summed E-state index contributed by atoms with van der Waals surface area (Å²) < 4.78 is 37.4. The van der Waals surface area contributed by atoms with Crippen LogP contribution in [-0.2, 0) is 33.2 Å². The zero-order chi connectivity index (χ0) is 42.3. The lowest BCUT2D eigenvalue weighted by atomic mass is 9.41. The minimum Gasteiger partial charge on any atom is -0.457 e. The Kier molecular flexibility index (Phi) is 10.7. The van der Waals surface area contributed by atoms with Crippen LogP contribution in [0.15, 0.2) is 0 Å². The standard InChI is InChI=1S/C43H70O15/c1-20(45)54-32-22(47)18-53-35(31(32)51)57-26-10-12-43-19-42(43)14-13-39(6)33(41(8)11-9-27(58-41)38(4,5)52)21(46)16-40(39,7)25(42)15-23(34(43)37(26,2)3)55-36-30(50)29(49)28(48)24(17-44)56-36/h21-36,44,46-52H,9-19H2,1-8H3/t21-,22+,23-,24+,25-,26-,27-,28+,29-,30+,31+,32-,33?,34-,35-,36+,39+,40-,41+,42-,43+/m0/s1. The molecule has 58 heavy (non-hydrogen) atoms. The molecule has 3 saturated heterocycles. The molecule has 8 N–H and O–H groups in total. The molecule has 3 aliphatic heterocycles. The summed E-state index contributed by atoms with van der Waals surface area (Å²) in [5, 5.41) is 87.8. The first kappa shape index (κ1) is 43.6. The summed E-state index contributed by atoms with van der Waals surface area (Å²) in [5.74, 6) is -0.920. The van der Waals surface area contributed by atoms with Gasteiger partial charge in [-0.15, -0.1) is 0 Å². The maximum absolute atomic E-state index is 12.2. The van der Waals surface area contributed by atoms with Gasteiger partial charge in [-0.2, -0.15) is 0 Å². The number of carbonyl (C=O) groups excluding carboxylic acids is 1. The summed E-state index contributed by atoms with van der Waals surface area (Å²) in [4.78, 5) is 11.9. The first-order valence-electron chi connectivity index (χ1n) is 21.8. The van der Waals surface area contributed by atoms with Crippen LogP contribution in [0.5, 0.6) is 0 Å². The lowest BCUT2D eigenvalue weighted by Crippen LogP contribution is -2.65. The number of fused-ring (bicyclic) bond motifs is 2. The van der Waals surface area contributed by atoms with Gasteiger partial charge in [-0.25, -0.2) is 0 Å². The summed E-state index contributed by atoms with van der Waals surface area (Å²) in [6.07, 6.45) is -7.63. The van der Waals surface area contributed by atoms with Crippen LogP contribution in [0.3, 0.4) is 0 Å². The molecule has 5 saturated carbocycles. The van der Waals surface area contributed by atoms with Crippen molar-refractivity contribution in [3.8, 4) is 0 Å². The molecule has 2 spiro atoms.